The van der Waals surface area contributed by atoms with E-state index in [0.717, 1.165) is 19.3 Å². The van der Waals surface area contributed by atoms with Crippen LogP contribution in [0.1, 0.15) is 43.6 Å². The van der Waals surface area contributed by atoms with Crippen molar-refractivity contribution in [3.63, 3.8) is 0 Å². The van der Waals surface area contributed by atoms with E-state index in [2.05, 4.69) is 0 Å². The zero-order valence-electron chi connectivity index (χ0n) is 8.71. The summed E-state index contributed by atoms with van der Waals surface area (Å²) in [6, 6.07) is 6.81. The SMILES string of the molecule is O=C1CCCCC(c2ccccc2F)C1. The monoisotopic (exact) mass is 206 g/mol. The molecule has 2 rings (SSSR count). The summed E-state index contributed by atoms with van der Waals surface area (Å²) in [6.07, 6.45) is 4.12. The molecule has 0 N–H and O–H groups in total. The van der Waals surface area contributed by atoms with Crippen LogP contribution >= 0.6 is 0 Å². The molecule has 1 aliphatic carbocycles. The maximum atomic E-state index is 13.5. The zero-order chi connectivity index (χ0) is 10.7. The molecule has 80 valence electrons. The molecular formula is C13H15FO. The van der Waals surface area contributed by atoms with Gasteiger partial charge in [0.25, 0.3) is 0 Å². The number of carbonyl (C=O) groups is 1. The van der Waals surface area contributed by atoms with Gasteiger partial charge in [0.1, 0.15) is 11.6 Å². The lowest BCUT2D eigenvalue weighted by Crippen LogP contribution is -2.05. The van der Waals surface area contributed by atoms with Gasteiger partial charge in [-0.3, -0.25) is 4.79 Å². The number of hydrogen-bond donors (Lipinski definition) is 0. The van der Waals surface area contributed by atoms with E-state index < -0.39 is 0 Å². The van der Waals surface area contributed by atoms with Crippen molar-refractivity contribution in [2.45, 2.75) is 38.0 Å². The van der Waals surface area contributed by atoms with Crippen LogP contribution in [-0.4, -0.2) is 5.78 Å². The molecule has 1 aromatic rings. The molecule has 0 aliphatic heterocycles. The summed E-state index contributed by atoms with van der Waals surface area (Å²) in [5, 5.41) is 0. The Balaban J connectivity index is 2.22. The van der Waals surface area contributed by atoms with Crippen molar-refractivity contribution in [1.29, 1.82) is 0 Å². The fourth-order valence-electron chi connectivity index (χ4n) is 2.26. The van der Waals surface area contributed by atoms with Gasteiger partial charge in [-0.25, -0.2) is 4.39 Å². The smallest absolute Gasteiger partial charge is 0.133 e. The van der Waals surface area contributed by atoms with Gasteiger partial charge in [-0.15, -0.1) is 0 Å². The second-order valence-corrected chi connectivity index (χ2v) is 4.21. The second kappa shape index (κ2) is 4.56. The molecule has 0 heterocycles. The van der Waals surface area contributed by atoms with Gasteiger partial charge >= 0.3 is 0 Å². The average molecular weight is 206 g/mol. The third kappa shape index (κ3) is 2.44. The van der Waals surface area contributed by atoms with Gasteiger partial charge in [0.2, 0.25) is 0 Å². The number of hydrogen-bond acceptors (Lipinski definition) is 1. The number of benzene rings is 1. The summed E-state index contributed by atoms with van der Waals surface area (Å²) in [4.78, 5) is 11.5. The fourth-order valence-corrected chi connectivity index (χ4v) is 2.26. The van der Waals surface area contributed by atoms with Crippen LogP contribution in [0.2, 0.25) is 0 Å². The van der Waals surface area contributed by atoms with Gasteiger partial charge in [-0.1, -0.05) is 24.6 Å². The maximum Gasteiger partial charge on any atom is 0.133 e. The Bertz CT molecular complexity index is 359. The molecule has 1 saturated carbocycles. The minimum absolute atomic E-state index is 0.0983. The van der Waals surface area contributed by atoms with E-state index in [4.69, 9.17) is 0 Å². The molecular weight excluding hydrogens is 191 g/mol. The first-order valence-corrected chi connectivity index (χ1v) is 5.53. The first-order valence-electron chi connectivity index (χ1n) is 5.53. The Labute approximate surface area is 89.3 Å². The number of carbonyl (C=O) groups excluding carboxylic acids is 1. The summed E-state index contributed by atoms with van der Waals surface area (Å²) in [6.45, 7) is 0. The third-order valence-electron chi connectivity index (χ3n) is 3.08. The molecule has 0 spiro atoms. The lowest BCUT2D eigenvalue weighted by atomic mass is 9.91. The molecule has 1 aliphatic rings. The zero-order valence-corrected chi connectivity index (χ0v) is 8.71. The van der Waals surface area contributed by atoms with Gasteiger partial charge in [0.05, 0.1) is 0 Å². The summed E-state index contributed by atoms with van der Waals surface area (Å²) < 4.78 is 13.5. The predicted molar refractivity (Wildman–Crippen MR) is 57.2 cm³/mol. The molecule has 1 nitrogen and oxygen atoms in total. The Hall–Kier alpha value is -1.18. The van der Waals surface area contributed by atoms with Gasteiger partial charge in [-0.05, 0) is 30.4 Å². The van der Waals surface area contributed by atoms with Crippen LogP contribution in [0.5, 0.6) is 0 Å². The van der Waals surface area contributed by atoms with Crippen LogP contribution in [0.25, 0.3) is 0 Å². The van der Waals surface area contributed by atoms with Gasteiger partial charge in [0, 0.05) is 12.8 Å². The molecule has 15 heavy (non-hydrogen) atoms. The summed E-state index contributed by atoms with van der Waals surface area (Å²) in [7, 11) is 0. The highest BCUT2D eigenvalue weighted by atomic mass is 19.1. The van der Waals surface area contributed by atoms with E-state index in [-0.39, 0.29) is 17.5 Å². The first kappa shape index (κ1) is 10.3. The van der Waals surface area contributed by atoms with E-state index in [1.807, 2.05) is 6.07 Å². The van der Waals surface area contributed by atoms with E-state index in [1.54, 1.807) is 12.1 Å². The summed E-state index contributed by atoms with van der Waals surface area (Å²) >= 11 is 0. The highest BCUT2D eigenvalue weighted by molar-refractivity contribution is 5.79. The minimum Gasteiger partial charge on any atom is -0.300 e. The highest BCUT2D eigenvalue weighted by Crippen LogP contribution is 2.31. The summed E-state index contributed by atoms with van der Waals surface area (Å²) in [5.41, 5.74) is 0.716. The number of halogens is 1. The molecule has 0 saturated heterocycles. The molecule has 0 aromatic heterocycles. The molecule has 0 bridgehead atoms. The lowest BCUT2D eigenvalue weighted by Gasteiger charge is -2.14. The van der Waals surface area contributed by atoms with Crippen molar-refractivity contribution >= 4 is 5.78 Å². The van der Waals surface area contributed by atoms with E-state index in [9.17, 15) is 9.18 Å². The quantitative estimate of drug-likeness (QED) is 0.643. The molecule has 0 amide bonds. The Morgan fingerprint density at radius 3 is 2.80 bits per heavy atom. The van der Waals surface area contributed by atoms with Crippen LogP contribution in [0.15, 0.2) is 24.3 Å². The summed E-state index contributed by atoms with van der Waals surface area (Å²) in [5.74, 6) is 0.208. The Morgan fingerprint density at radius 1 is 1.20 bits per heavy atom. The van der Waals surface area contributed by atoms with Crippen molar-refractivity contribution < 1.29 is 9.18 Å². The number of Topliss-reactive ketones (excluding diaryl/α,β-unsaturated/α-hetero) is 1. The van der Waals surface area contributed by atoms with Crippen molar-refractivity contribution in [3.05, 3.63) is 35.6 Å². The molecule has 1 fully saturated rings. The molecule has 1 unspecified atom stereocenters. The molecule has 1 atom stereocenters. The van der Waals surface area contributed by atoms with Gasteiger partial charge < -0.3 is 0 Å². The minimum atomic E-state index is -0.169. The highest BCUT2D eigenvalue weighted by Gasteiger charge is 2.21. The predicted octanol–water partition coefficient (Wildman–Crippen LogP) is 3.44. The topological polar surface area (TPSA) is 17.1 Å². The van der Waals surface area contributed by atoms with E-state index in [1.165, 1.54) is 6.07 Å². The first-order chi connectivity index (χ1) is 7.27. The van der Waals surface area contributed by atoms with Crippen molar-refractivity contribution in [1.82, 2.24) is 0 Å². The van der Waals surface area contributed by atoms with E-state index in [0.29, 0.717) is 18.4 Å². The molecule has 0 radical (unpaired) electrons. The van der Waals surface area contributed by atoms with Crippen molar-refractivity contribution in [3.8, 4) is 0 Å². The average Bonchev–Trinajstić information content (AvgIpc) is 2.43. The van der Waals surface area contributed by atoms with Crippen LogP contribution < -0.4 is 0 Å². The number of ketones is 1. The standard InChI is InChI=1S/C13H15FO/c14-13-8-4-3-7-12(13)10-5-1-2-6-11(15)9-10/h3-4,7-8,10H,1-2,5-6,9H2. The lowest BCUT2D eigenvalue weighted by molar-refractivity contribution is -0.119. The normalized spacial score (nSPS) is 22.5. The Kier molecular flexibility index (Phi) is 3.14. The maximum absolute atomic E-state index is 13.5. The van der Waals surface area contributed by atoms with Crippen molar-refractivity contribution in [2.75, 3.05) is 0 Å². The van der Waals surface area contributed by atoms with Crippen LogP contribution in [0, 0.1) is 5.82 Å². The Morgan fingerprint density at radius 2 is 2.00 bits per heavy atom. The van der Waals surface area contributed by atoms with Crippen LogP contribution in [0.4, 0.5) is 4.39 Å². The largest absolute Gasteiger partial charge is 0.300 e. The third-order valence-corrected chi connectivity index (χ3v) is 3.08. The fraction of sp³-hybridized carbons (Fsp3) is 0.462. The van der Waals surface area contributed by atoms with Crippen molar-refractivity contribution in [2.24, 2.45) is 0 Å². The van der Waals surface area contributed by atoms with Gasteiger partial charge in [-0.2, -0.15) is 0 Å². The van der Waals surface area contributed by atoms with Crippen LogP contribution in [0.3, 0.4) is 0 Å². The molecule has 1 aromatic carbocycles. The number of rotatable bonds is 1. The van der Waals surface area contributed by atoms with E-state index >= 15 is 0 Å². The van der Waals surface area contributed by atoms with Crippen LogP contribution in [-0.2, 0) is 4.79 Å². The second-order valence-electron chi connectivity index (χ2n) is 4.21. The van der Waals surface area contributed by atoms with Gasteiger partial charge in [0.15, 0.2) is 0 Å². The molecule has 2 heteroatoms.